The molecule has 0 unspecified atom stereocenters. The number of furan rings is 1. The molecule has 0 saturated carbocycles. The van der Waals surface area contributed by atoms with Crippen molar-refractivity contribution < 1.29 is 17.6 Å². The molecule has 1 heterocycles. The van der Waals surface area contributed by atoms with Crippen LogP contribution in [0.15, 0.2) is 52.0 Å². The van der Waals surface area contributed by atoms with Gasteiger partial charge >= 0.3 is 0 Å². The van der Waals surface area contributed by atoms with E-state index in [4.69, 9.17) is 16.0 Å². The molecule has 2 atom stereocenters. The molecule has 6 nitrogen and oxygen atoms in total. The Morgan fingerprint density at radius 3 is 2.48 bits per heavy atom. The van der Waals surface area contributed by atoms with Crippen LogP contribution in [0.5, 0.6) is 0 Å². The number of nitrogens with one attached hydrogen (secondary N) is 2. The monoisotopic (exact) mass is 384 g/mol. The zero-order chi connectivity index (χ0) is 18.4. The molecular formula is C17H21ClN2O4S. The molecule has 0 fully saturated rings. The molecule has 0 aliphatic heterocycles. The van der Waals surface area contributed by atoms with E-state index in [2.05, 4.69) is 10.0 Å². The zero-order valence-corrected chi connectivity index (χ0v) is 15.6. The third-order valence-electron chi connectivity index (χ3n) is 3.72. The molecule has 0 aliphatic rings. The first-order valence-electron chi connectivity index (χ1n) is 7.92. The number of halogens is 1. The van der Waals surface area contributed by atoms with Gasteiger partial charge in [0.05, 0.1) is 23.6 Å². The van der Waals surface area contributed by atoms with Crippen LogP contribution in [-0.4, -0.2) is 20.4 Å². The van der Waals surface area contributed by atoms with Crippen LogP contribution >= 0.6 is 11.6 Å². The predicted octanol–water partition coefficient (Wildman–Crippen LogP) is 3.26. The van der Waals surface area contributed by atoms with Gasteiger partial charge in [0.1, 0.15) is 5.76 Å². The van der Waals surface area contributed by atoms with Gasteiger partial charge in [0.2, 0.25) is 15.9 Å². The maximum Gasteiger partial charge on any atom is 0.241 e. The fraction of sp³-hybridized carbons (Fsp3) is 0.353. The average Bonchev–Trinajstić information content (AvgIpc) is 3.08. The molecule has 8 heteroatoms. The first-order valence-corrected chi connectivity index (χ1v) is 9.78. The lowest BCUT2D eigenvalue weighted by molar-refractivity contribution is -0.122. The van der Waals surface area contributed by atoms with Gasteiger partial charge in [-0.25, -0.2) is 8.42 Å². The Balaban J connectivity index is 2.19. The van der Waals surface area contributed by atoms with E-state index in [0.29, 0.717) is 10.8 Å². The van der Waals surface area contributed by atoms with E-state index in [-0.39, 0.29) is 23.3 Å². The molecule has 0 radical (unpaired) electrons. The van der Waals surface area contributed by atoms with Crippen LogP contribution in [0.3, 0.4) is 0 Å². The Morgan fingerprint density at radius 2 is 1.92 bits per heavy atom. The summed E-state index contributed by atoms with van der Waals surface area (Å²) >= 11 is 5.80. The summed E-state index contributed by atoms with van der Waals surface area (Å²) in [6, 6.07) is 8.28. The molecular weight excluding hydrogens is 364 g/mol. The van der Waals surface area contributed by atoms with Gasteiger partial charge in [-0.2, -0.15) is 4.72 Å². The number of sulfonamides is 1. The summed E-state index contributed by atoms with van der Waals surface area (Å²) in [6.45, 7) is 3.84. The van der Waals surface area contributed by atoms with Crippen molar-refractivity contribution in [3.8, 4) is 0 Å². The maximum absolute atomic E-state index is 12.6. The van der Waals surface area contributed by atoms with Crippen molar-refractivity contribution in [3.05, 3.63) is 53.4 Å². The molecule has 1 aromatic heterocycles. The second kappa shape index (κ2) is 8.51. The Bertz CT molecular complexity index is 789. The zero-order valence-electron chi connectivity index (χ0n) is 14.0. The highest BCUT2D eigenvalue weighted by Crippen LogP contribution is 2.22. The maximum atomic E-state index is 12.6. The molecule has 1 aromatic carbocycles. The molecule has 136 valence electrons. The standard InChI is InChI=1S/C17H21ClN2O4S/c1-3-12(2)19-17(21)11-15(16-5-4-10-24-16)20-25(22,23)14-8-6-13(18)7-9-14/h4-10,12,15,20H,3,11H2,1-2H3,(H,19,21)/t12-,15+/m0/s1. The number of amides is 1. The lowest BCUT2D eigenvalue weighted by atomic mass is 10.1. The smallest absolute Gasteiger partial charge is 0.241 e. The quantitative estimate of drug-likeness (QED) is 0.731. The number of carbonyl (C=O) groups excluding carboxylic acids is 1. The SMILES string of the molecule is CC[C@H](C)NC(=O)C[C@@H](NS(=O)(=O)c1ccc(Cl)cc1)c1ccco1. The van der Waals surface area contributed by atoms with Gasteiger partial charge in [-0.15, -0.1) is 0 Å². The van der Waals surface area contributed by atoms with Gasteiger partial charge < -0.3 is 9.73 Å². The van der Waals surface area contributed by atoms with Crippen LogP contribution in [0, 0.1) is 0 Å². The highest BCUT2D eigenvalue weighted by atomic mass is 35.5. The number of hydrogen-bond acceptors (Lipinski definition) is 4. The number of hydrogen-bond donors (Lipinski definition) is 2. The van der Waals surface area contributed by atoms with Crippen LogP contribution in [0.1, 0.15) is 38.5 Å². The molecule has 2 rings (SSSR count). The third kappa shape index (κ3) is 5.59. The van der Waals surface area contributed by atoms with Gasteiger partial charge in [0, 0.05) is 11.1 Å². The van der Waals surface area contributed by atoms with Crippen LogP contribution in [0.25, 0.3) is 0 Å². The average molecular weight is 385 g/mol. The largest absolute Gasteiger partial charge is 0.468 e. The van der Waals surface area contributed by atoms with E-state index < -0.39 is 16.1 Å². The predicted molar refractivity (Wildman–Crippen MR) is 95.7 cm³/mol. The minimum absolute atomic E-state index is 0.0117. The van der Waals surface area contributed by atoms with Gasteiger partial charge in [-0.3, -0.25) is 4.79 Å². The lowest BCUT2D eigenvalue weighted by Gasteiger charge is -2.18. The topological polar surface area (TPSA) is 88.4 Å². The van der Waals surface area contributed by atoms with Crippen LogP contribution in [0.4, 0.5) is 0 Å². The van der Waals surface area contributed by atoms with Gasteiger partial charge in [-0.1, -0.05) is 18.5 Å². The number of benzene rings is 1. The number of rotatable bonds is 8. The van der Waals surface area contributed by atoms with Crippen molar-refractivity contribution in [3.63, 3.8) is 0 Å². The Labute approximate surface area is 152 Å². The van der Waals surface area contributed by atoms with Crippen molar-refractivity contribution in [2.75, 3.05) is 0 Å². The summed E-state index contributed by atoms with van der Waals surface area (Å²) in [7, 11) is -3.83. The van der Waals surface area contributed by atoms with E-state index in [9.17, 15) is 13.2 Å². The highest BCUT2D eigenvalue weighted by molar-refractivity contribution is 7.89. The summed E-state index contributed by atoms with van der Waals surface area (Å²) in [6.07, 6.45) is 2.16. The van der Waals surface area contributed by atoms with Gasteiger partial charge in [-0.05, 0) is 49.7 Å². The molecule has 0 saturated heterocycles. The second-order valence-electron chi connectivity index (χ2n) is 5.72. The second-order valence-corrected chi connectivity index (χ2v) is 7.87. The lowest BCUT2D eigenvalue weighted by Crippen LogP contribution is -2.36. The van der Waals surface area contributed by atoms with Crippen LogP contribution in [0.2, 0.25) is 5.02 Å². The first-order chi connectivity index (χ1) is 11.8. The van der Waals surface area contributed by atoms with Crippen molar-refractivity contribution in [2.45, 2.75) is 43.7 Å². The first kappa shape index (κ1) is 19.5. The molecule has 1 amide bonds. The van der Waals surface area contributed by atoms with Gasteiger partial charge in [0.25, 0.3) is 0 Å². The van der Waals surface area contributed by atoms with E-state index in [0.717, 1.165) is 6.42 Å². The third-order valence-corrected chi connectivity index (χ3v) is 5.46. The molecule has 0 aliphatic carbocycles. The summed E-state index contributed by atoms with van der Waals surface area (Å²) in [5.41, 5.74) is 0. The number of carbonyl (C=O) groups is 1. The van der Waals surface area contributed by atoms with Crippen molar-refractivity contribution in [2.24, 2.45) is 0 Å². The summed E-state index contributed by atoms with van der Waals surface area (Å²) in [5.74, 6) is 0.117. The minimum Gasteiger partial charge on any atom is -0.468 e. The summed E-state index contributed by atoms with van der Waals surface area (Å²) in [4.78, 5) is 12.2. The van der Waals surface area contributed by atoms with Gasteiger partial charge in [0.15, 0.2) is 0 Å². The van der Waals surface area contributed by atoms with E-state index in [1.807, 2.05) is 13.8 Å². The molecule has 25 heavy (non-hydrogen) atoms. The van der Waals surface area contributed by atoms with Crippen molar-refractivity contribution >= 4 is 27.5 Å². The fourth-order valence-corrected chi connectivity index (χ4v) is 3.51. The van der Waals surface area contributed by atoms with E-state index >= 15 is 0 Å². The molecule has 0 spiro atoms. The Hall–Kier alpha value is -1.83. The summed E-state index contributed by atoms with van der Waals surface area (Å²) < 4.78 is 33.0. The summed E-state index contributed by atoms with van der Waals surface area (Å²) in [5, 5.41) is 3.26. The highest BCUT2D eigenvalue weighted by Gasteiger charge is 2.26. The van der Waals surface area contributed by atoms with E-state index in [1.165, 1.54) is 30.5 Å². The van der Waals surface area contributed by atoms with Crippen LogP contribution in [-0.2, 0) is 14.8 Å². The van der Waals surface area contributed by atoms with Crippen molar-refractivity contribution in [1.82, 2.24) is 10.0 Å². The molecule has 2 N–H and O–H groups in total. The Morgan fingerprint density at radius 1 is 1.24 bits per heavy atom. The minimum atomic E-state index is -3.83. The molecule has 0 bridgehead atoms. The molecule has 2 aromatic rings. The Kier molecular flexibility index (Phi) is 6.64. The van der Waals surface area contributed by atoms with Crippen molar-refractivity contribution in [1.29, 1.82) is 0 Å². The normalized spacial score (nSPS) is 14.0. The van der Waals surface area contributed by atoms with E-state index in [1.54, 1.807) is 12.1 Å². The fourth-order valence-electron chi connectivity index (χ4n) is 2.18. The van der Waals surface area contributed by atoms with Crippen LogP contribution < -0.4 is 10.0 Å².